The van der Waals surface area contributed by atoms with E-state index in [4.69, 9.17) is 0 Å². The Hall–Kier alpha value is -1.99. The van der Waals surface area contributed by atoms with Crippen molar-refractivity contribution in [1.82, 2.24) is 25.6 Å². The standard InChI is InChI=1S/C20H29N5O2/c1-24(13-17-12-18(23-22-17)14-2-3-14)19(26)16-6-10-25(11-7-16)20(27)15-4-8-21-9-5-15/h4-5,8-9,14,16-18,22-23H,2-3,6-7,10-13H2,1H3. The summed E-state index contributed by atoms with van der Waals surface area (Å²) in [5.41, 5.74) is 7.41. The van der Waals surface area contributed by atoms with Crippen LogP contribution in [0.2, 0.25) is 0 Å². The zero-order valence-corrected chi connectivity index (χ0v) is 15.9. The van der Waals surface area contributed by atoms with Gasteiger partial charge in [0.2, 0.25) is 5.91 Å². The van der Waals surface area contributed by atoms with Crippen LogP contribution in [0.25, 0.3) is 0 Å². The van der Waals surface area contributed by atoms with Crippen LogP contribution in [0, 0.1) is 11.8 Å². The minimum Gasteiger partial charge on any atom is -0.344 e. The average molecular weight is 371 g/mol. The topological polar surface area (TPSA) is 77.6 Å². The predicted molar refractivity (Wildman–Crippen MR) is 102 cm³/mol. The van der Waals surface area contributed by atoms with Crippen LogP contribution in [0.4, 0.5) is 0 Å². The molecule has 0 aromatic carbocycles. The highest BCUT2D eigenvalue weighted by molar-refractivity contribution is 5.94. The lowest BCUT2D eigenvalue weighted by Gasteiger charge is -2.33. The van der Waals surface area contributed by atoms with Crippen LogP contribution in [0.1, 0.15) is 42.5 Å². The maximum atomic E-state index is 12.8. The second-order valence-electron chi connectivity index (χ2n) is 8.19. The molecule has 2 unspecified atom stereocenters. The number of hydrogen-bond acceptors (Lipinski definition) is 5. The van der Waals surface area contributed by atoms with Crippen molar-refractivity contribution in [3.63, 3.8) is 0 Å². The number of hydrazine groups is 1. The van der Waals surface area contributed by atoms with Crippen molar-refractivity contribution in [3.8, 4) is 0 Å². The van der Waals surface area contributed by atoms with E-state index in [1.807, 2.05) is 16.8 Å². The van der Waals surface area contributed by atoms with Gasteiger partial charge in [0.25, 0.3) is 5.91 Å². The fraction of sp³-hybridized carbons (Fsp3) is 0.650. The molecule has 0 bridgehead atoms. The summed E-state index contributed by atoms with van der Waals surface area (Å²) < 4.78 is 0. The summed E-state index contributed by atoms with van der Waals surface area (Å²) in [5, 5.41) is 0. The van der Waals surface area contributed by atoms with Crippen LogP contribution < -0.4 is 10.9 Å². The van der Waals surface area contributed by atoms with Crippen LogP contribution in [-0.4, -0.2) is 65.4 Å². The molecule has 2 atom stereocenters. The fourth-order valence-electron chi connectivity index (χ4n) is 4.32. The van der Waals surface area contributed by atoms with E-state index in [0.717, 1.165) is 31.7 Å². The van der Waals surface area contributed by atoms with Gasteiger partial charge >= 0.3 is 0 Å². The molecule has 2 amide bonds. The summed E-state index contributed by atoms with van der Waals surface area (Å²) in [4.78, 5) is 33.0. The Morgan fingerprint density at radius 2 is 1.85 bits per heavy atom. The summed E-state index contributed by atoms with van der Waals surface area (Å²) in [6, 6.07) is 4.38. The van der Waals surface area contributed by atoms with Gasteiger partial charge < -0.3 is 9.80 Å². The molecule has 4 rings (SSSR count). The molecule has 1 aliphatic carbocycles. The largest absolute Gasteiger partial charge is 0.344 e. The van der Waals surface area contributed by atoms with E-state index >= 15 is 0 Å². The molecule has 0 spiro atoms. The Kier molecular flexibility index (Phi) is 5.41. The molecule has 1 saturated carbocycles. The van der Waals surface area contributed by atoms with E-state index in [1.165, 1.54) is 12.8 Å². The van der Waals surface area contributed by atoms with Gasteiger partial charge in [-0.3, -0.25) is 25.4 Å². The summed E-state index contributed by atoms with van der Waals surface area (Å²) >= 11 is 0. The van der Waals surface area contributed by atoms with E-state index in [-0.39, 0.29) is 17.7 Å². The van der Waals surface area contributed by atoms with Gasteiger partial charge in [-0.1, -0.05) is 0 Å². The van der Waals surface area contributed by atoms with Gasteiger partial charge in [0, 0.05) is 62.6 Å². The van der Waals surface area contributed by atoms with Gasteiger partial charge in [0.15, 0.2) is 0 Å². The van der Waals surface area contributed by atoms with E-state index < -0.39 is 0 Å². The van der Waals surface area contributed by atoms with Crippen molar-refractivity contribution in [2.45, 2.75) is 44.2 Å². The van der Waals surface area contributed by atoms with Crippen LogP contribution in [0.5, 0.6) is 0 Å². The lowest BCUT2D eigenvalue weighted by atomic mass is 9.94. The molecule has 7 nitrogen and oxygen atoms in total. The molecule has 146 valence electrons. The van der Waals surface area contributed by atoms with Crippen molar-refractivity contribution in [2.24, 2.45) is 11.8 Å². The number of likely N-dealkylation sites (N-methyl/N-ethyl adjacent to an activating group) is 1. The van der Waals surface area contributed by atoms with Crippen molar-refractivity contribution in [1.29, 1.82) is 0 Å². The van der Waals surface area contributed by atoms with Gasteiger partial charge in [0.1, 0.15) is 0 Å². The molecule has 3 aliphatic rings. The Labute approximate surface area is 160 Å². The molecule has 2 N–H and O–H groups in total. The molecule has 27 heavy (non-hydrogen) atoms. The second kappa shape index (κ2) is 7.94. The normalized spacial score (nSPS) is 26.2. The number of carbonyl (C=O) groups excluding carboxylic acids is 2. The first-order valence-electron chi connectivity index (χ1n) is 10.1. The molecule has 3 fully saturated rings. The number of nitrogens with zero attached hydrogens (tertiary/aromatic N) is 3. The first kappa shape index (κ1) is 18.4. The number of rotatable bonds is 5. The molecular weight excluding hydrogens is 342 g/mol. The third-order valence-corrected chi connectivity index (χ3v) is 6.13. The Morgan fingerprint density at radius 3 is 2.52 bits per heavy atom. The summed E-state index contributed by atoms with van der Waals surface area (Å²) in [5.74, 6) is 1.09. The van der Waals surface area contributed by atoms with Gasteiger partial charge in [-0.05, 0) is 50.2 Å². The number of likely N-dealkylation sites (tertiary alicyclic amines) is 1. The van der Waals surface area contributed by atoms with Crippen LogP contribution in [0.15, 0.2) is 24.5 Å². The number of aromatic nitrogens is 1. The van der Waals surface area contributed by atoms with Crippen LogP contribution in [0.3, 0.4) is 0 Å². The van der Waals surface area contributed by atoms with E-state index in [2.05, 4.69) is 15.8 Å². The van der Waals surface area contributed by atoms with Crippen molar-refractivity contribution < 1.29 is 9.59 Å². The molecule has 3 heterocycles. The highest BCUT2D eigenvalue weighted by Gasteiger charge is 2.37. The number of hydrogen-bond donors (Lipinski definition) is 2. The van der Waals surface area contributed by atoms with E-state index in [1.54, 1.807) is 24.5 Å². The Bertz CT molecular complexity index is 670. The van der Waals surface area contributed by atoms with Crippen LogP contribution >= 0.6 is 0 Å². The summed E-state index contributed by atoms with van der Waals surface area (Å²) in [6.07, 6.45) is 8.51. The number of nitrogens with one attached hydrogen (secondary N) is 2. The monoisotopic (exact) mass is 371 g/mol. The van der Waals surface area contributed by atoms with Gasteiger partial charge in [-0.15, -0.1) is 0 Å². The maximum absolute atomic E-state index is 12.8. The smallest absolute Gasteiger partial charge is 0.253 e. The molecular formula is C20H29N5O2. The Balaban J connectivity index is 1.24. The lowest BCUT2D eigenvalue weighted by molar-refractivity contribution is -0.135. The Morgan fingerprint density at radius 1 is 1.15 bits per heavy atom. The number of amides is 2. The van der Waals surface area contributed by atoms with Gasteiger partial charge in [-0.2, -0.15) is 0 Å². The highest BCUT2D eigenvalue weighted by atomic mass is 16.2. The van der Waals surface area contributed by atoms with Crippen LogP contribution in [-0.2, 0) is 4.79 Å². The van der Waals surface area contributed by atoms with Gasteiger partial charge in [0.05, 0.1) is 0 Å². The minimum absolute atomic E-state index is 0.0186. The van der Waals surface area contributed by atoms with Gasteiger partial charge in [-0.25, -0.2) is 0 Å². The van der Waals surface area contributed by atoms with E-state index in [0.29, 0.717) is 30.7 Å². The number of piperidine rings is 1. The fourth-order valence-corrected chi connectivity index (χ4v) is 4.32. The molecule has 2 saturated heterocycles. The molecule has 2 aliphatic heterocycles. The lowest BCUT2D eigenvalue weighted by Crippen LogP contribution is -2.46. The molecule has 1 aromatic heterocycles. The zero-order chi connectivity index (χ0) is 18.8. The van der Waals surface area contributed by atoms with Crippen molar-refractivity contribution in [3.05, 3.63) is 30.1 Å². The van der Waals surface area contributed by atoms with Crippen molar-refractivity contribution >= 4 is 11.8 Å². The molecule has 0 radical (unpaired) electrons. The van der Waals surface area contributed by atoms with Crippen molar-refractivity contribution in [2.75, 3.05) is 26.7 Å². The summed E-state index contributed by atoms with van der Waals surface area (Å²) in [7, 11) is 1.91. The average Bonchev–Trinajstić information content (AvgIpc) is 3.47. The second-order valence-corrected chi connectivity index (χ2v) is 8.19. The zero-order valence-electron chi connectivity index (χ0n) is 15.9. The molecule has 1 aromatic rings. The SMILES string of the molecule is CN(CC1CC(C2CC2)NN1)C(=O)C1CCN(C(=O)c2ccncc2)CC1. The third-order valence-electron chi connectivity index (χ3n) is 6.13. The first-order valence-corrected chi connectivity index (χ1v) is 10.1. The predicted octanol–water partition coefficient (Wildman–Crippen LogP) is 1.04. The molecule has 7 heteroatoms. The first-order chi connectivity index (χ1) is 13.1. The highest BCUT2D eigenvalue weighted by Crippen LogP contribution is 2.35. The third kappa shape index (κ3) is 4.30. The maximum Gasteiger partial charge on any atom is 0.253 e. The summed E-state index contributed by atoms with van der Waals surface area (Å²) in [6.45, 7) is 2.02. The quantitative estimate of drug-likeness (QED) is 0.809. The number of pyridine rings is 1. The minimum atomic E-state index is 0.0186. The van der Waals surface area contributed by atoms with E-state index in [9.17, 15) is 9.59 Å². The number of carbonyl (C=O) groups is 2.